The molecule has 0 aliphatic heterocycles. The molecule has 4 heteroatoms. The summed E-state index contributed by atoms with van der Waals surface area (Å²) >= 11 is 0. The molecule has 0 bridgehead atoms. The van der Waals surface area contributed by atoms with Gasteiger partial charge in [0.2, 0.25) is 0 Å². The van der Waals surface area contributed by atoms with Crippen molar-refractivity contribution in [1.82, 2.24) is 0 Å². The number of carbonyl (C=O) groups is 1. The lowest BCUT2D eigenvalue weighted by Crippen LogP contribution is -2.52. The second kappa shape index (κ2) is 5.17. The Morgan fingerprint density at radius 2 is 1.67 bits per heavy atom. The molecular weight excluding hydrogens is 214 g/mol. The molecule has 0 radical (unpaired) electrons. The highest BCUT2D eigenvalue weighted by molar-refractivity contribution is 5.85. The number of esters is 1. The molecule has 0 unspecified atom stereocenters. The third-order valence-electron chi connectivity index (χ3n) is 2.55. The van der Waals surface area contributed by atoms with Gasteiger partial charge in [0.05, 0.1) is 0 Å². The van der Waals surface area contributed by atoms with Crippen LogP contribution in [0, 0.1) is 0 Å². The van der Waals surface area contributed by atoms with Crippen molar-refractivity contribution in [1.29, 1.82) is 0 Å². The van der Waals surface area contributed by atoms with Gasteiger partial charge in [-0.3, -0.25) is 4.79 Å². The zero-order chi connectivity index (χ0) is 10.8. The molecule has 0 aromatic rings. The summed E-state index contributed by atoms with van der Waals surface area (Å²) in [4.78, 5) is 11.8. The smallest absolute Gasteiger partial charge is 0.326 e. The van der Waals surface area contributed by atoms with E-state index in [0.29, 0.717) is 0 Å². The molecule has 1 fully saturated rings. The Balaban J connectivity index is 0.00000196. The van der Waals surface area contributed by atoms with Gasteiger partial charge in [0.25, 0.3) is 0 Å². The number of carbonyl (C=O) groups excluding carboxylic acids is 1. The molecule has 1 aliphatic rings. The van der Waals surface area contributed by atoms with Gasteiger partial charge in [-0.15, -0.1) is 12.4 Å². The average Bonchev–Trinajstić information content (AvgIpc) is 2.02. The van der Waals surface area contributed by atoms with E-state index in [1.165, 1.54) is 6.42 Å². The Hall–Kier alpha value is -0.280. The monoisotopic (exact) mass is 235 g/mol. The van der Waals surface area contributed by atoms with E-state index in [2.05, 4.69) is 0 Å². The maximum Gasteiger partial charge on any atom is 0.326 e. The lowest BCUT2D eigenvalue weighted by Gasteiger charge is -2.33. The molecule has 0 aromatic carbocycles. The Morgan fingerprint density at radius 3 is 2.07 bits per heavy atom. The molecule has 0 heterocycles. The summed E-state index contributed by atoms with van der Waals surface area (Å²) in [5.74, 6) is -0.232. The van der Waals surface area contributed by atoms with Gasteiger partial charge in [0, 0.05) is 0 Å². The highest BCUT2D eigenvalue weighted by atomic mass is 35.5. The summed E-state index contributed by atoms with van der Waals surface area (Å²) < 4.78 is 5.32. The van der Waals surface area contributed by atoms with Crippen LogP contribution in [0.25, 0.3) is 0 Å². The van der Waals surface area contributed by atoms with Crippen molar-refractivity contribution in [2.24, 2.45) is 5.73 Å². The molecule has 1 rings (SSSR count). The Bertz CT molecular complexity index is 217. The topological polar surface area (TPSA) is 52.3 Å². The minimum Gasteiger partial charge on any atom is -0.459 e. The minimum absolute atomic E-state index is 0. The first-order valence-corrected chi connectivity index (χ1v) is 5.36. The standard InChI is InChI=1S/C11H21NO2.ClH/c1-10(2,3)14-9(13)11(12)7-5-4-6-8-11;/h4-8,12H2,1-3H3;1H. The van der Waals surface area contributed by atoms with Gasteiger partial charge in [-0.2, -0.15) is 0 Å². The second-order valence-corrected chi connectivity index (χ2v) is 5.22. The Morgan fingerprint density at radius 1 is 1.20 bits per heavy atom. The van der Waals surface area contributed by atoms with E-state index in [4.69, 9.17) is 10.5 Å². The van der Waals surface area contributed by atoms with E-state index in [9.17, 15) is 4.79 Å². The van der Waals surface area contributed by atoms with Crippen molar-refractivity contribution in [3.63, 3.8) is 0 Å². The molecule has 3 nitrogen and oxygen atoms in total. The maximum absolute atomic E-state index is 11.8. The summed E-state index contributed by atoms with van der Waals surface area (Å²) in [6.07, 6.45) is 4.79. The quantitative estimate of drug-likeness (QED) is 0.711. The number of rotatable bonds is 1. The van der Waals surface area contributed by atoms with Crippen LogP contribution in [0.15, 0.2) is 0 Å². The van der Waals surface area contributed by atoms with Gasteiger partial charge in [-0.1, -0.05) is 19.3 Å². The van der Waals surface area contributed by atoms with Crippen molar-refractivity contribution in [3.05, 3.63) is 0 Å². The summed E-state index contributed by atoms with van der Waals surface area (Å²) in [6, 6.07) is 0. The molecule has 0 saturated heterocycles. The van der Waals surface area contributed by atoms with Crippen molar-refractivity contribution < 1.29 is 9.53 Å². The third kappa shape index (κ3) is 4.39. The van der Waals surface area contributed by atoms with Gasteiger partial charge < -0.3 is 10.5 Å². The highest BCUT2D eigenvalue weighted by Crippen LogP contribution is 2.28. The number of hydrogen-bond donors (Lipinski definition) is 1. The maximum atomic E-state index is 11.8. The molecular formula is C11H22ClNO2. The zero-order valence-electron chi connectivity index (χ0n) is 9.84. The summed E-state index contributed by atoms with van der Waals surface area (Å²) in [5, 5.41) is 0. The second-order valence-electron chi connectivity index (χ2n) is 5.22. The van der Waals surface area contributed by atoms with E-state index >= 15 is 0 Å². The van der Waals surface area contributed by atoms with Gasteiger partial charge >= 0.3 is 5.97 Å². The number of hydrogen-bond acceptors (Lipinski definition) is 3. The van der Waals surface area contributed by atoms with Gasteiger partial charge in [-0.05, 0) is 33.6 Å². The van der Waals surface area contributed by atoms with Crippen molar-refractivity contribution in [2.75, 3.05) is 0 Å². The minimum atomic E-state index is -0.717. The number of halogens is 1. The van der Waals surface area contributed by atoms with Crippen LogP contribution in [-0.2, 0) is 9.53 Å². The first-order chi connectivity index (χ1) is 6.33. The van der Waals surface area contributed by atoms with Crippen LogP contribution in [0.1, 0.15) is 52.9 Å². The lowest BCUT2D eigenvalue weighted by molar-refractivity contribution is -0.163. The van der Waals surface area contributed by atoms with E-state index in [1.54, 1.807) is 0 Å². The van der Waals surface area contributed by atoms with Crippen LogP contribution in [0.4, 0.5) is 0 Å². The normalized spacial score (nSPS) is 20.3. The van der Waals surface area contributed by atoms with E-state index in [0.717, 1.165) is 25.7 Å². The lowest BCUT2D eigenvalue weighted by atomic mass is 9.82. The first-order valence-electron chi connectivity index (χ1n) is 5.36. The number of ether oxygens (including phenoxy) is 1. The molecule has 0 aromatic heterocycles. The molecule has 0 spiro atoms. The largest absolute Gasteiger partial charge is 0.459 e. The van der Waals surface area contributed by atoms with Crippen molar-refractivity contribution >= 4 is 18.4 Å². The van der Waals surface area contributed by atoms with E-state index in [1.807, 2.05) is 20.8 Å². The molecule has 1 aliphatic carbocycles. The molecule has 2 N–H and O–H groups in total. The average molecular weight is 236 g/mol. The van der Waals surface area contributed by atoms with Crippen LogP contribution in [0.5, 0.6) is 0 Å². The van der Waals surface area contributed by atoms with Gasteiger partial charge in [0.15, 0.2) is 0 Å². The Labute approximate surface area is 98.2 Å². The van der Waals surface area contributed by atoms with Crippen LogP contribution in [0.2, 0.25) is 0 Å². The molecule has 15 heavy (non-hydrogen) atoms. The molecule has 1 saturated carbocycles. The third-order valence-corrected chi connectivity index (χ3v) is 2.55. The van der Waals surface area contributed by atoms with Crippen LogP contribution < -0.4 is 5.73 Å². The fourth-order valence-corrected chi connectivity index (χ4v) is 1.77. The van der Waals surface area contributed by atoms with E-state index in [-0.39, 0.29) is 18.4 Å². The zero-order valence-corrected chi connectivity index (χ0v) is 10.7. The van der Waals surface area contributed by atoms with Gasteiger partial charge in [0.1, 0.15) is 11.1 Å². The predicted octanol–water partition coefficient (Wildman–Crippen LogP) is 2.41. The summed E-state index contributed by atoms with van der Waals surface area (Å²) in [6.45, 7) is 5.62. The fourth-order valence-electron chi connectivity index (χ4n) is 1.77. The summed E-state index contributed by atoms with van der Waals surface area (Å²) in [5.41, 5.74) is 4.89. The fraction of sp³-hybridized carbons (Fsp3) is 0.909. The molecule has 0 atom stereocenters. The van der Waals surface area contributed by atoms with Gasteiger partial charge in [-0.25, -0.2) is 0 Å². The first kappa shape index (κ1) is 14.7. The number of nitrogens with two attached hydrogens (primary N) is 1. The van der Waals surface area contributed by atoms with Crippen LogP contribution in [0.3, 0.4) is 0 Å². The highest BCUT2D eigenvalue weighted by Gasteiger charge is 2.38. The molecule has 0 amide bonds. The molecule has 90 valence electrons. The summed E-state index contributed by atoms with van der Waals surface area (Å²) in [7, 11) is 0. The predicted molar refractivity (Wildman–Crippen MR) is 63.1 cm³/mol. The van der Waals surface area contributed by atoms with Crippen molar-refractivity contribution in [3.8, 4) is 0 Å². The Kier molecular flexibility index (Phi) is 5.07. The van der Waals surface area contributed by atoms with Crippen molar-refractivity contribution in [2.45, 2.75) is 64.0 Å². The van der Waals surface area contributed by atoms with Crippen LogP contribution >= 0.6 is 12.4 Å². The SMILES string of the molecule is CC(C)(C)OC(=O)C1(N)CCCCC1.Cl. The van der Waals surface area contributed by atoms with E-state index < -0.39 is 11.1 Å². The van der Waals surface area contributed by atoms with Crippen LogP contribution in [-0.4, -0.2) is 17.1 Å².